The fourth-order valence-corrected chi connectivity index (χ4v) is 2.66. The van der Waals surface area contributed by atoms with Gasteiger partial charge < -0.3 is 0 Å². The molecule has 1 fully saturated rings. The van der Waals surface area contributed by atoms with Crippen molar-refractivity contribution in [2.45, 2.75) is 30.5 Å². The van der Waals surface area contributed by atoms with Crippen molar-refractivity contribution in [2.75, 3.05) is 0 Å². The van der Waals surface area contributed by atoms with Gasteiger partial charge in [0.1, 0.15) is 0 Å². The van der Waals surface area contributed by atoms with Crippen molar-refractivity contribution in [3.05, 3.63) is 5.82 Å². The number of aryl methyl sites for hydroxylation is 1. The van der Waals surface area contributed by atoms with Crippen LogP contribution >= 0.6 is 15.9 Å². The first kappa shape index (κ1) is 9.12. The lowest BCUT2D eigenvalue weighted by molar-refractivity contribution is 0.529. The van der Waals surface area contributed by atoms with Crippen molar-refractivity contribution in [3.63, 3.8) is 0 Å². The van der Waals surface area contributed by atoms with E-state index in [4.69, 9.17) is 0 Å². The maximum Gasteiger partial charge on any atom is 0.175 e. The Labute approximate surface area is 85.8 Å². The molecule has 13 heavy (non-hydrogen) atoms. The first-order valence-corrected chi connectivity index (χ1v) is 5.52. The van der Waals surface area contributed by atoms with Crippen LogP contribution in [0.15, 0.2) is 0 Å². The highest BCUT2D eigenvalue weighted by Gasteiger charge is 2.23. The number of hydrogen-bond donors (Lipinski definition) is 0. The second-order valence-electron chi connectivity index (χ2n) is 3.68. The number of hydrogen-bond acceptors (Lipinski definition) is 3. The van der Waals surface area contributed by atoms with Crippen molar-refractivity contribution in [2.24, 2.45) is 13.0 Å². The molecule has 2 unspecified atom stereocenters. The summed E-state index contributed by atoms with van der Waals surface area (Å²) < 4.78 is 0. The molecule has 72 valence electrons. The summed E-state index contributed by atoms with van der Waals surface area (Å²) >= 11 is 3.64. The summed E-state index contributed by atoms with van der Waals surface area (Å²) in [5.41, 5.74) is 0. The normalized spacial score (nSPS) is 28.2. The summed E-state index contributed by atoms with van der Waals surface area (Å²) in [5, 5.41) is 12.0. The highest BCUT2D eigenvalue weighted by Crippen LogP contribution is 2.32. The maximum absolute atomic E-state index is 4.18. The predicted octanol–water partition coefficient (Wildman–Crippen LogP) is 1.32. The summed E-state index contributed by atoms with van der Waals surface area (Å²) in [6.45, 7) is 0. The molecular formula is C8H13BrN4. The van der Waals surface area contributed by atoms with Gasteiger partial charge in [0.2, 0.25) is 0 Å². The van der Waals surface area contributed by atoms with Crippen LogP contribution in [0.25, 0.3) is 0 Å². The van der Waals surface area contributed by atoms with Crippen LogP contribution in [0.2, 0.25) is 0 Å². The smallest absolute Gasteiger partial charge is 0.167 e. The van der Waals surface area contributed by atoms with Crippen LogP contribution in [0.1, 0.15) is 25.1 Å². The zero-order valence-electron chi connectivity index (χ0n) is 7.65. The molecule has 0 aliphatic heterocycles. The van der Waals surface area contributed by atoms with Crippen molar-refractivity contribution in [3.8, 4) is 0 Å². The highest BCUT2D eigenvalue weighted by atomic mass is 79.9. The van der Waals surface area contributed by atoms with Crippen LogP contribution in [0, 0.1) is 5.92 Å². The van der Waals surface area contributed by atoms with Crippen molar-refractivity contribution in [1.82, 2.24) is 20.2 Å². The third-order valence-corrected chi connectivity index (χ3v) is 3.33. The van der Waals surface area contributed by atoms with Gasteiger partial charge in [-0.1, -0.05) is 15.9 Å². The SMILES string of the molecule is Cn1nnc(CC2CCC(Br)C2)n1. The lowest BCUT2D eigenvalue weighted by atomic mass is 10.0. The van der Waals surface area contributed by atoms with Crippen LogP contribution in [-0.2, 0) is 13.5 Å². The third-order valence-electron chi connectivity index (χ3n) is 2.50. The van der Waals surface area contributed by atoms with Gasteiger partial charge in [-0.3, -0.25) is 0 Å². The Bertz CT molecular complexity index is 285. The van der Waals surface area contributed by atoms with Crippen LogP contribution in [0.3, 0.4) is 0 Å². The molecule has 0 amide bonds. The minimum atomic E-state index is 0.703. The number of tetrazole rings is 1. The Balaban J connectivity index is 1.91. The van der Waals surface area contributed by atoms with E-state index in [2.05, 4.69) is 31.3 Å². The zero-order chi connectivity index (χ0) is 9.26. The first-order valence-electron chi connectivity index (χ1n) is 4.61. The average Bonchev–Trinajstić information content (AvgIpc) is 2.62. The summed E-state index contributed by atoms with van der Waals surface area (Å²) in [5.74, 6) is 1.63. The zero-order valence-corrected chi connectivity index (χ0v) is 9.24. The second kappa shape index (κ2) is 3.74. The molecule has 0 saturated heterocycles. The van der Waals surface area contributed by atoms with Crippen molar-refractivity contribution in [1.29, 1.82) is 0 Å². The summed E-state index contributed by atoms with van der Waals surface area (Å²) in [6, 6.07) is 0. The molecule has 1 saturated carbocycles. The van der Waals surface area contributed by atoms with E-state index in [0.29, 0.717) is 4.83 Å². The molecule has 0 aromatic carbocycles. The van der Waals surface area contributed by atoms with Crippen LogP contribution < -0.4 is 0 Å². The number of halogens is 1. The highest BCUT2D eigenvalue weighted by molar-refractivity contribution is 9.09. The number of rotatable bonds is 2. The lowest BCUT2D eigenvalue weighted by Gasteiger charge is -2.03. The van der Waals surface area contributed by atoms with E-state index < -0.39 is 0 Å². The summed E-state index contributed by atoms with van der Waals surface area (Å²) in [6.07, 6.45) is 4.80. The van der Waals surface area contributed by atoms with E-state index in [0.717, 1.165) is 18.2 Å². The minimum Gasteiger partial charge on any atom is -0.167 e. The van der Waals surface area contributed by atoms with Gasteiger partial charge in [0.25, 0.3) is 0 Å². The van der Waals surface area contributed by atoms with Gasteiger partial charge in [-0.2, -0.15) is 4.80 Å². The molecule has 0 N–H and O–H groups in total. The van der Waals surface area contributed by atoms with Gasteiger partial charge in [0, 0.05) is 11.2 Å². The number of aromatic nitrogens is 4. The fraction of sp³-hybridized carbons (Fsp3) is 0.875. The van der Waals surface area contributed by atoms with Crippen molar-refractivity contribution >= 4 is 15.9 Å². The molecule has 2 atom stereocenters. The minimum absolute atomic E-state index is 0.703. The number of nitrogens with zero attached hydrogens (tertiary/aromatic N) is 4. The van der Waals surface area contributed by atoms with Gasteiger partial charge >= 0.3 is 0 Å². The maximum atomic E-state index is 4.18. The van der Waals surface area contributed by atoms with Crippen LogP contribution in [0.5, 0.6) is 0 Å². The molecule has 1 aliphatic rings. The third kappa shape index (κ3) is 2.27. The Morgan fingerprint density at radius 3 is 2.92 bits per heavy atom. The molecule has 0 spiro atoms. The summed E-state index contributed by atoms with van der Waals surface area (Å²) in [7, 11) is 1.80. The summed E-state index contributed by atoms with van der Waals surface area (Å²) in [4.78, 5) is 2.23. The molecule has 1 aliphatic carbocycles. The Kier molecular flexibility index (Phi) is 2.62. The standard InChI is InChI=1S/C8H13BrN4/c1-13-11-8(10-12-13)5-6-2-3-7(9)4-6/h6-7H,2-5H2,1H3. The second-order valence-corrected chi connectivity index (χ2v) is 4.97. The average molecular weight is 245 g/mol. The Morgan fingerprint density at radius 1 is 1.54 bits per heavy atom. The lowest BCUT2D eigenvalue weighted by Crippen LogP contribution is -2.02. The quantitative estimate of drug-likeness (QED) is 0.738. The topological polar surface area (TPSA) is 43.6 Å². The monoisotopic (exact) mass is 244 g/mol. The molecule has 0 bridgehead atoms. The Hall–Kier alpha value is -0.450. The molecule has 1 aromatic heterocycles. The predicted molar refractivity (Wildman–Crippen MR) is 52.6 cm³/mol. The molecule has 1 aromatic rings. The molecule has 2 rings (SSSR count). The molecule has 0 radical (unpaired) electrons. The van der Waals surface area contributed by atoms with Gasteiger partial charge in [-0.25, -0.2) is 0 Å². The first-order chi connectivity index (χ1) is 6.24. The number of alkyl halides is 1. The van der Waals surface area contributed by atoms with E-state index in [9.17, 15) is 0 Å². The fourth-order valence-electron chi connectivity index (χ4n) is 1.86. The van der Waals surface area contributed by atoms with E-state index in [1.54, 1.807) is 7.05 Å². The molecular weight excluding hydrogens is 232 g/mol. The Morgan fingerprint density at radius 2 is 2.38 bits per heavy atom. The largest absolute Gasteiger partial charge is 0.175 e. The van der Waals surface area contributed by atoms with E-state index >= 15 is 0 Å². The van der Waals surface area contributed by atoms with Gasteiger partial charge in [-0.05, 0) is 30.4 Å². The van der Waals surface area contributed by atoms with Crippen LogP contribution in [0.4, 0.5) is 0 Å². The molecule has 5 heteroatoms. The molecule has 4 nitrogen and oxygen atoms in total. The van der Waals surface area contributed by atoms with E-state index in [1.807, 2.05) is 0 Å². The van der Waals surface area contributed by atoms with Gasteiger partial charge in [0.05, 0.1) is 7.05 Å². The van der Waals surface area contributed by atoms with Crippen molar-refractivity contribution < 1.29 is 0 Å². The van der Waals surface area contributed by atoms with Gasteiger partial charge in [0.15, 0.2) is 5.82 Å². The molecule has 1 heterocycles. The van der Waals surface area contributed by atoms with E-state index in [1.165, 1.54) is 24.1 Å². The van der Waals surface area contributed by atoms with Gasteiger partial charge in [-0.15, -0.1) is 10.2 Å². The van der Waals surface area contributed by atoms with Crippen LogP contribution in [-0.4, -0.2) is 25.0 Å². The van der Waals surface area contributed by atoms with E-state index in [-0.39, 0.29) is 0 Å².